The number of pyridine rings is 1. The molecule has 4 heteroatoms. The van der Waals surface area contributed by atoms with Crippen molar-refractivity contribution in [3.63, 3.8) is 0 Å². The van der Waals surface area contributed by atoms with Crippen molar-refractivity contribution in [1.82, 2.24) is 9.88 Å². The smallest absolute Gasteiger partial charge is 0.128 e. The Morgan fingerprint density at radius 2 is 2.05 bits per heavy atom. The third-order valence-corrected chi connectivity index (χ3v) is 4.75. The standard InChI is InChI=1S/C17H19N3O/c1-2-13-3-6-17(18-9-13)19-10-14-4-5-15(11-19)20(14)16-7-8-21-12-16/h1,3,6,9,12,14-15H,4-5,7-8,10-11H2. The van der Waals surface area contributed by atoms with Crippen LogP contribution in [0.5, 0.6) is 0 Å². The predicted molar refractivity (Wildman–Crippen MR) is 81.7 cm³/mol. The van der Waals surface area contributed by atoms with E-state index in [1.807, 2.05) is 18.4 Å². The van der Waals surface area contributed by atoms with Gasteiger partial charge in [-0.15, -0.1) is 6.42 Å². The lowest BCUT2D eigenvalue weighted by atomic mass is 10.1. The number of aromatic nitrogens is 1. The highest BCUT2D eigenvalue weighted by molar-refractivity contribution is 5.44. The molecule has 1 aromatic rings. The molecule has 3 aliphatic rings. The van der Waals surface area contributed by atoms with E-state index in [0.29, 0.717) is 12.1 Å². The van der Waals surface area contributed by atoms with Gasteiger partial charge in [0.1, 0.15) is 12.1 Å². The predicted octanol–water partition coefficient (Wildman–Crippen LogP) is 1.98. The number of hydrogen-bond acceptors (Lipinski definition) is 4. The molecule has 2 unspecified atom stereocenters. The van der Waals surface area contributed by atoms with Crippen molar-refractivity contribution >= 4 is 5.82 Å². The van der Waals surface area contributed by atoms with Crippen LogP contribution in [0.1, 0.15) is 24.8 Å². The Morgan fingerprint density at radius 3 is 2.62 bits per heavy atom. The summed E-state index contributed by atoms with van der Waals surface area (Å²) in [7, 11) is 0. The van der Waals surface area contributed by atoms with E-state index in [1.54, 1.807) is 6.20 Å². The van der Waals surface area contributed by atoms with Crippen LogP contribution >= 0.6 is 0 Å². The summed E-state index contributed by atoms with van der Waals surface area (Å²) in [5, 5.41) is 0. The van der Waals surface area contributed by atoms with Crippen LogP contribution in [0.25, 0.3) is 0 Å². The van der Waals surface area contributed by atoms with Crippen LogP contribution in [0.15, 0.2) is 30.3 Å². The van der Waals surface area contributed by atoms with Crippen LogP contribution in [-0.4, -0.2) is 41.7 Å². The molecule has 2 bridgehead atoms. The van der Waals surface area contributed by atoms with Crippen molar-refractivity contribution in [2.45, 2.75) is 31.3 Å². The highest BCUT2D eigenvalue weighted by Crippen LogP contribution is 2.36. The average molecular weight is 281 g/mol. The van der Waals surface area contributed by atoms with Gasteiger partial charge < -0.3 is 14.5 Å². The molecule has 2 saturated heterocycles. The molecule has 0 radical (unpaired) electrons. The molecular formula is C17H19N3O. The number of rotatable bonds is 2. The maximum atomic E-state index is 5.42. The summed E-state index contributed by atoms with van der Waals surface area (Å²) in [6.45, 7) is 2.91. The van der Waals surface area contributed by atoms with E-state index in [0.717, 1.165) is 37.5 Å². The number of fused-ring (bicyclic) bond motifs is 2. The molecule has 0 aliphatic carbocycles. The normalized spacial score (nSPS) is 27.3. The summed E-state index contributed by atoms with van der Waals surface area (Å²) in [4.78, 5) is 9.51. The SMILES string of the molecule is C#Cc1ccc(N2CC3CCC(C2)N3C2=COCC2)nc1. The summed E-state index contributed by atoms with van der Waals surface area (Å²) in [5.74, 6) is 3.66. The second-order valence-electron chi connectivity index (χ2n) is 5.98. The lowest BCUT2D eigenvalue weighted by Crippen LogP contribution is -2.53. The van der Waals surface area contributed by atoms with Gasteiger partial charge in [-0.1, -0.05) is 5.92 Å². The molecule has 0 saturated carbocycles. The molecule has 1 aromatic heterocycles. The summed E-state index contributed by atoms with van der Waals surface area (Å²) < 4.78 is 5.42. The second kappa shape index (κ2) is 5.00. The van der Waals surface area contributed by atoms with Crippen LogP contribution in [0.4, 0.5) is 5.82 Å². The second-order valence-corrected chi connectivity index (χ2v) is 5.98. The third-order valence-electron chi connectivity index (χ3n) is 4.75. The van der Waals surface area contributed by atoms with E-state index in [2.05, 4.69) is 20.7 Å². The molecule has 2 atom stereocenters. The Hall–Kier alpha value is -2.15. The highest BCUT2D eigenvalue weighted by atomic mass is 16.5. The van der Waals surface area contributed by atoms with Gasteiger partial charge in [0.15, 0.2) is 0 Å². The zero-order valence-electron chi connectivity index (χ0n) is 12.0. The first-order chi connectivity index (χ1) is 10.3. The first-order valence-corrected chi connectivity index (χ1v) is 7.62. The Morgan fingerprint density at radius 1 is 1.24 bits per heavy atom. The van der Waals surface area contributed by atoms with Gasteiger partial charge in [0.05, 0.1) is 12.3 Å². The third kappa shape index (κ3) is 2.13. The number of ether oxygens (including phenoxy) is 1. The van der Waals surface area contributed by atoms with E-state index < -0.39 is 0 Å². The van der Waals surface area contributed by atoms with E-state index in [-0.39, 0.29) is 0 Å². The Labute approximate surface area is 125 Å². The van der Waals surface area contributed by atoms with Gasteiger partial charge in [-0.05, 0) is 25.0 Å². The van der Waals surface area contributed by atoms with Gasteiger partial charge >= 0.3 is 0 Å². The first kappa shape index (κ1) is 12.6. The van der Waals surface area contributed by atoms with Crippen molar-refractivity contribution in [1.29, 1.82) is 0 Å². The number of terminal acetylenes is 1. The molecule has 4 heterocycles. The molecule has 3 aliphatic heterocycles. The highest BCUT2D eigenvalue weighted by Gasteiger charge is 2.41. The van der Waals surface area contributed by atoms with Gasteiger partial charge in [-0.2, -0.15) is 0 Å². The molecular weight excluding hydrogens is 262 g/mol. The van der Waals surface area contributed by atoms with Gasteiger partial charge in [-0.3, -0.25) is 0 Å². The minimum absolute atomic E-state index is 0.589. The number of hydrogen-bond donors (Lipinski definition) is 0. The average Bonchev–Trinajstić information content (AvgIpc) is 3.13. The molecule has 108 valence electrons. The maximum absolute atomic E-state index is 5.42. The summed E-state index contributed by atoms with van der Waals surface area (Å²) in [6.07, 6.45) is 12.7. The molecule has 21 heavy (non-hydrogen) atoms. The largest absolute Gasteiger partial charge is 0.499 e. The molecule has 0 aromatic carbocycles. The van der Waals surface area contributed by atoms with E-state index in [1.165, 1.54) is 18.5 Å². The van der Waals surface area contributed by atoms with Crippen LogP contribution < -0.4 is 4.90 Å². The van der Waals surface area contributed by atoms with Gasteiger partial charge in [0.25, 0.3) is 0 Å². The fraction of sp³-hybridized carbons (Fsp3) is 0.471. The number of anilines is 1. The van der Waals surface area contributed by atoms with E-state index >= 15 is 0 Å². The van der Waals surface area contributed by atoms with Crippen molar-refractivity contribution in [3.8, 4) is 12.3 Å². The molecule has 0 amide bonds. The lowest BCUT2D eigenvalue weighted by molar-refractivity contribution is 0.217. The van der Waals surface area contributed by atoms with Crippen molar-refractivity contribution in [3.05, 3.63) is 35.9 Å². The summed E-state index contributed by atoms with van der Waals surface area (Å²) >= 11 is 0. The summed E-state index contributed by atoms with van der Waals surface area (Å²) in [6, 6.07) is 5.20. The molecule has 0 N–H and O–H groups in total. The Bertz CT molecular complexity index is 587. The monoisotopic (exact) mass is 281 g/mol. The van der Waals surface area contributed by atoms with Crippen LogP contribution in [0.3, 0.4) is 0 Å². The van der Waals surface area contributed by atoms with Gasteiger partial charge in [0, 0.05) is 43.4 Å². The zero-order chi connectivity index (χ0) is 14.2. The van der Waals surface area contributed by atoms with E-state index in [9.17, 15) is 0 Å². The first-order valence-electron chi connectivity index (χ1n) is 7.62. The minimum atomic E-state index is 0.589. The fourth-order valence-electron chi connectivity index (χ4n) is 3.78. The summed E-state index contributed by atoms with van der Waals surface area (Å²) in [5.41, 5.74) is 2.23. The molecule has 4 rings (SSSR count). The Kier molecular flexibility index (Phi) is 2.99. The van der Waals surface area contributed by atoms with Crippen molar-refractivity contribution < 1.29 is 4.74 Å². The van der Waals surface area contributed by atoms with Crippen molar-refractivity contribution in [2.75, 3.05) is 24.6 Å². The lowest BCUT2D eigenvalue weighted by Gasteiger charge is -2.43. The maximum Gasteiger partial charge on any atom is 0.128 e. The fourth-order valence-corrected chi connectivity index (χ4v) is 3.78. The van der Waals surface area contributed by atoms with Crippen LogP contribution in [0, 0.1) is 12.3 Å². The van der Waals surface area contributed by atoms with Crippen LogP contribution in [0.2, 0.25) is 0 Å². The van der Waals surface area contributed by atoms with E-state index in [4.69, 9.17) is 11.2 Å². The number of piperazine rings is 1. The molecule has 0 spiro atoms. The zero-order valence-corrected chi connectivity index (χ0v) is 12.0. The minimum Gasteiger partial charge on any atom is -0.499 e. The van der Waals surface area contributed by atoms with Crippen molar-refractivity contribution in [2.24, 2.45) is 0 Å². The Balaban J connectivity index is 1.53. The number of nitrogens with zero attached hydrogens (tertiary/aromatic N) is 3. The van der Waals surface area contributed by atoms with Gasteiger partial charge in [-0.25, -0.2) is 4.98 Å². The van der Waals surface area contributed by atoms with Gasteiger partial charge in [0.2, 0.25) is 0 Å². The molecule has 2 fully saturated rings. The molecule has 4 nitrogen and oxygen atoms in total. The quantitative estimate of drug-likeness (QED) is 0.775. The van der Waals surface area contributed by atoms with Crippen LogP contribution in [-0.2, 0) is 4.74 Å². The topological polar surface area (TPSA) is 28.6 Å².